The molecular formula is C27H26N2O2S. The number of anilines is 1. The first kappa shape index (κ1) is 21.9. The van der Waals surface area contributed by atoms with Crippen LogP contribution in [0.25, 0.3) is 6.08 Å². The Labute approximate surface area is 193 Å². The molecule has 4 rings (SSSR count). The highest BCUT2D eigenvalue weighted by Gasteiger charge is 2.35. The quantitative estimate of drug-likeness (QED) is 0.420. The predicted octanol–water partition coefficient (Wildman–Crippen LogP) is 6.74. The van der Waals surface area contributed by atoms with Gasteiger partial charge in [0.1, 0.15) is 5.75 Å². The topological polar surface area (TPSA) is 41.9 Å². The SMILES string of the molecule is COc1cccc(C=C2SC(=Nc3ccc(C)c(C)c3)N(c3ccc(C)c(C)c3)C2=O)c1. The third-order valence-corrected chi connectivity index (χ3v) is 6.63. The van der Waals surface area contributed by atoms with E-state index in [-0.39, 0.29) is 5.91 Å². The molecule has 1 aliphatic heterocycles. The summed E-state index contributed by atoms with van der Waals surface area (Å²) in [5.41, 5.74) is 7.28. The van der Waals surface area contributed by atoms with Crippen LogP contribution in [0.1, 0.15) is 27.8 Å². The fourth-order valence-corrected chi connectivity index (χ4v) is 4.43. The van der Waals surface area contributed by atoms with Crippen LogP contribution in [0.3, 0.4) is 0 Å². The lowest BCUT2D eigenvalue weighted by atomic mass is 10.1. The Morgan fingerprint density at radius 1 is 0.875 bits per heavy atom. The van der Waals surface area contributed by atoms with Crippen molar-refractivity contribution >= 4 is 40.3 Å². The number of benzene rings is 3. The number of nitrogens with zero attached hydrogens (tertiary/aromatic N) is 2. The van der Waals surface area contributed by atoms with Gasteiger partial charge in [-0.3, -0.25) is 9.69 Å². The van der Waals surface area contributed by atoms with Crippen LogP contribution < -0.4 is 9.64 Å². The lowest BCUT2D eigenvalue weighted by molar-refractivity contribution is -0.113. The van der Waals surface area contributed by atoms with Crippen molar-refractivity contribution in [3.63, 3.8) is 0 Å². The first-order chi connectivity index (χ1) is 15.4. The molecule has 0 bridgehead atoms. The van der Waals surface area contributed by atoms with Gasteiger partial charge in [0.05, 0.1) is 23.4 Å². The molecule has 162 valence electrons. The van der Waals surface area contributed by atoms with Crippen molar-refractivity contribution in [1.29, 1.82) is 0 Å². The molecule has 1 saturated heterocycles. The molecule has 0 spiro atoms. The number of carbonyl (C=O) groups is 1. The zero-order chi connectivity index (χ0) is 22.8. The van der Waals surface area contributed by atoms with E-state index < -0.39 is 0 Å². The van der Waals surface area contributed by atoms with E-state index in [1.807, 2.05) is 54.6 Å². The highest BCUT2D eigenvalue weighted by atomic mass is 32.2. The molecular weight excluding hydrogens is 416 g/mol. The van der Waals surface area contributed by atoms with E-state index in [0.29, 0.717) is 10.1 Å². The molecule has 1 heterocycles. The summed E-state index contributed by atoms with van der Waals surface area (Å²) in [5, 5.41) is 0.649. The van der Waals surface area contributed by atoms with E-state index in [1.54, 1.807) is 12.0 Å². The van der Waals surface area contributed by atoms with Crippen molar-refractivity contribution < 1.29 is 9.53 Å². The summed E-state index contributed by atoms with van der Waals surface area (Å²) in [6.07, 6.45) is 1.90. The lowest BCUT2D eigenvalue weighted by Gasteiger charge is -2.17. The number of amides is 1. The van der Waals surface area contributed by atoms with Gasteiger partial charge in [-0.15, -0.1) is 0 Å². The Hall–Kier alpha value is -3.31. The van der Waals surface area contributed by atoms with Crippen LogP contribution in [0.2, 0.25) is 0 Å². The molecule has 1 fully saturated rings. The molecule has 5 heteroatoms. The summed E-state index contributed by atoms with van der Waals surface area (Å²) in [6.45, 7) is 8.27. The number of thioether (sulfide) groups is 1. The van der Waals surface area contributed by atoms with Crippen LogP contribution in [-0.4, -0.2) is 18.2 Å². The van der Waals surface area contributed by atoms with Crippen molar-refractivity contribution in [1.82, 2.24) is 0 Å². The number of rotatable bonds is 4. The first-order valence-electron chi connectivity index (χ1n) is 10.5. The summed E-state index contributed by atoms with van der Waals surface area (Å²) in [5.74, 6) is 0.675. The zero-order valence-electron chi connectivity index (χ0n) is 19.0. The molecule has 4 nitrogen and oxygen atoms in total. The number of amidine groups is 1. The van der Waals surface area contributed by atoms with Crippen molar-refractivity contribution in [2.75, 3.05) is 12.0 Å². The minimum atomic E-state index is -0.0799. The highest BCUT2D eigenvalue weighted by Crippen LogP contribution is 2.38. The number of ether oxygens (including phenoxy) is 1. The largest absolute Gasteiger partial charge is 0.497 e. The summed E-state index contributed by atoms with van der Waals surface area (Å²) < 4.78 is 5.33. The average molecular weight is 443 g/mol. The smallest absolute Gasteiger partial charge is 0.271 e. The molecule has 32 heavy (non-hydrogen) atoms. The van der Waals surface area contributed by atoms with E-state index in [1.165, 1.54) is 28.5 Å². The van der Waals surface area contributed by atoms with Gasteiger partial charge in [-0.2, -0.15) is 0 Å². The standard InChI is InChI=1S/C27H26N2O2S/c1-17-9-11-22(13-19(17)3)28-27-29(23-12-10-18(2)20(4)14-23)26(30)25(32-27)16-21-7-6-8-24(15-21)31-5/h6-16H,1-5H3. The Balaban J connectivity index is 1.80. The zero-order valence-corrected chi connectivity index (χ0v) is 19.8. The van der Waals surface area contributed by atoms with Gasteiger partial charge in [0, 0.05) is 0 Å². The molecule has 0 radical (unpaired) electrons. The first-order valence-corrected chi connectivity index (χ1v) is 11.3. The number of hydrogen-bond donors (Lipinski definition) is 0. The van der Waals surface area contributed by atoms with Gasteiger partial charge in [-0.1, -0.05) is 24.3 Å². The van der Waals surface area contributed by atoms with Gasteiger partial charge >= 0.3 is 0 Å². The van der Waals surface area contributed by atoms with Gasteiger partial charge in [0.15, 0.2) is 5.17 Å². The van der Waals surface area contributed by atoms with E-state index in [2.05, 4.69) is 39.8 Å². The van der Waals surface area contributed by atoms with Crippen LogP contribution >= 0.6 is 11.8 Å². The summed E-state index contributed by atoms with van der Waals surface area (Å²) >= 11 is 1.39. The van der Waals surface area contributed by atoms with Crippen LogP contribution in [-0.2, 0) is 4.79 Å². The Kier molecular flexibility index (Phi) is 6.19. The number of aliphatic imine (C=N–C) groups is 1. The number of aryl methyl sites for hydroxylation is 4. The molecule has 0 unspecified atom stereocenters. The van der Waals surface area contributed by atoms with E-state index in [4.69, 9.17) is 9.73 Å². The molecule has 1 aliphatic rings. The second-order valence-corrected chi connectivity index (χ2v) is 8.97. The molecule has 0 N–H and O–H groups in total. The Morgan fingerprint density at radius 2 is 1.59 bits per heavy atom. The van der Waals surface area contributed by atoms with Crippen LogP contribution in [0.15, 0.2) is 70.6 Å². The molecule has 0 saturated carbocycles. The van der Waals surface area contributed by atoms with Crippen LogP contribution in [0.4, 0.5) is 11.4 Å². The summed E-state index contributed by atoms with van der Waals surface area (Å²) in [7, 11) is 1.64. The monoisotopic (exact) mass is 442 g/mol. The van der Waals surface area contributed by atoms with Crippen molar-refractivity contribution in [2.45, 2.75) is 27.7 Å². The van der Waals surface area contributed by atoms with Crippen LogP contribution in [0, 0.1) is 27.7 Å². The number of hydrogen-bond acceptors (Lipinski definition) is 4. The third kappa shape index (κ3) is 4.48. The summed E-state index contributed by atoms with van der Waals surface area (Å²) in [4.78, 5) is 20.7. The molecule has 3 aromatic rings. The highest BCUT2D eigenvalue weighted by molar-refractivity contribution is 8.19. The number of methoxy groups -OCH3 is 1. The molecule has 1 amide bonds. The molecule has 0 atom stereocenters. The average Bonchev–Trinajstić information content (AvgIpc) is 3.07. The minimum Gasteiger partial charge on any atom is -0.497 e. The van der Waals surface area contributed by atoms with Gasteiger partial charge < -0.3 is 4.74 Å². The fraction of sp³-hybridized carbons (Fsp3) is 0.185. The third-order valence-electron chi connectivity index (χ3n) is 5.66. The predicted molar refractivity (Wildman–Crippen MR) is 135 cm³/mol. The molecule has 3 aromatic carbocycles. The van der Waals surface area contributed by atoms with Gasteiger partial charge in [0.25, 0.3) is 5.91 Å². The normalized spacial score (nSPS) is 16.3. The van der Waals surface area contributed by atoms with E-state index >= 15 is 0 Å². The van der Waals surface area contributed by atoms with E-state index in [9.17, 15) is 4.79 Å². The van der Waals surface area contributed by atoms with Crippen molar-refractivity contribution in [3.8, 4) is 5.75 Å². The van der Waals surface area contributed by atoms with Crippen molar-refractivity contribution in [2.24, 2.45) is 4.99 Å². The number of carbonyl (C=O) groups excluding carboxylic acids is 1. The maximum atomic E-state index is 13.5. The lowest BCUT2D eigenvalue weighted by Crippen LogP contribution is -2.28. The maximum Gasteiger partial charge on any atom is 0.271 e. The van der Waals surface area contributed by atoms with Crippen LogP contribution in [0.5, 0.6) is 5.75 Å². The second kappa shape index (κ2) is 9.05. The van der Waals surface area contributed by atoms with Crippen molar-refractivity contribution in [3.05, 3.63) is 93.4 Å². The minimum absolute atomic E-state index is 0.0799. The molecule has 0 aliphatic carbocycles. The Bertz CT molecular complexity index is 1260. The second-order valence-electron chi connectivity index (χ2n) is 7.96. The van der Waals surface area contributed by atoms with E-state index in [0.717, 1.165) is 28.3 Å². The van der Waals surface area contributed by atoms with Gasteiger partial charge in [-0.25, -0.2) is 4.99 Å². The Morgan fingerprint density at radius 3 is 2.28 bits per heavy atom. The van der Waals surface area contributed by atoms with Gasteiger partial charge in [0.2, 0.25) is 0 Å². The summed E-state index contributed by atoms with van der Waals surface area (Å²) in [6, 6.07) is 19.8. The fourth-order valence-electron chi connectivity index (χ4n) is 3.43. The molecule has 0 aromatic heterocycles. The van der Waals surface area contributed by atoms with Gasteiger partial charge in [-0.05, 0) is 110 Å². The maximum absolute atomic E-state index is 13.5.